The van der Waals surface area contributed by atoms with Gasteiger partial charge >= 0.3 is 6.03 Å². The second kappa shape index (κ2) is 5.36. The number of nitrogens with one attached hydrogen (secondary N) is 1. The second-order valence-electron chi connectivity index (χ2n) is 3.58. The fourth-order valence-corrected chi connectivity index (χ4v) is 1.20. The molecule has 1 rings (SSSR count). The average molecular weight is 207 g/mol. The van der Waals surface area contributed by atoms with Crippen LogP contribution in [0.4, 0.5) is 4.79 Å². The van der Waals surface area contributed by atoms with Crippen molar-refractivity contribution < 1.29 is 4.79 Å². The zero-order valence-corrected chi connectivity index (χ0v) is 9.16. The number of carbonyl (C=O) groups excluding carboxylic acids is 1. The minimum atomic E-state index is -0.0897. The molecule has 0 fully saturated rings. The summed E-state index contributed by atoms with van der Waals surface area (Å²) in [4.78, 5) is 12.8. The molecule has 0 radical (unpaired) electrons. The summed E-state index contributed by atoms with van der Waals surface area (Å²) in [5.74, 6) is 0. The Hall–Kier alpha value is -1.55. The Kier molecular flexibility index (Phi) is 4.12. The molecule has 2 amide bonds. The zero-order valence-electron chi connectivity index (χ0n) is 9.16. The molecule has 0 saturated heterocycles. The van der Waals surface area contributed by atoms with Gasteiger partial charge in [0.15, 0.2) is 0 Å². The topological polar surface area (TPSA) is 58.4 Å². The summed E-state index contributed by atoms with van der Waals surface area (Å²) >= 11 is 0. The number of carbonyl (C=O) groups is 1. The van der Waals surface area contributed by atoms with Crippen LogP contribution < -0.4 is 11.1 Å². The molecule has 1 aromatic rings. The third-order valence-corrected chi connectivity index (χ3v) is 2.08. The number of urea groups is 1. The van der Waals surface area contributed by atoms with Gasteiger partial charge in [-0.15, -0.1) is 0 Å². The van der Waals surface area contributed by atoms with Crippen LogP contribution in [0.2, 0.25) is 0 Å². The SMILES string of the molecule is CN(C)C(=O)NCc1cccc(CN)c1. The van der Waals surface area contributed by atoms with Crippen molar-refractivity contribution in [2.45, 2.75) is 13.1 Å². The number of nitrogens with two attached hydrogens (primary N) is 1. The van der Waals surface area contributed by atoms with Crippen molar-refractivity contribution in [2.24, 2.45) is 5.73 Å². The van der Waals surface area contributed by atoms with E-state index in [1.165, 1.54) is 4.90 Å². The summed E-state index contributed by atoms with van der Waals surface area (Å²) in [5.41, 5.74) is 7.67. The maximum atomic E-state index is 11.3. The molecule has 15 heavy (non-hydrogen) atoms. The minimum Gasteiger partial charge on any atom is -0.334 e. The van der Waals surface area contributed by atoms with E-state index >= 15 is 0 Å². The summed E-state index contributed by atoms with van der Waals surface area (Å²) in [7, 11) is 3.43. The van der Waals surface area contributed by atoms with E-state index in [0.29, 0.717) is 13.1 Å². The molecule has 4 nitrogen and oxygen atoms in total. The van der Waals surface area contributed by atoms with E-state index in [1.54, 1.807) is 14.1 Å². The number of hydrogen-bond acceptors (Lipinski definition) is 2. The monoisotopic (exact) mass is 207 g/mol. The highest BCUT2D eigenvalue weighted by Crippen LogP contribution is 2.04. The fraction of sp³-hybridized carbons (Fsp3) is 0.364. The van der Waals surface area contributed by atoms with E-state index in [-0.39, 0.29) is 6.03 Å². The number of rotatable bonds is 3. The molecule has 0 unspecified atom stereocenters. The number of hydrogen-bond donors (Lipinski definition) is 2. The van der Waals surface area contributed by atoms with Gasteiger partial charge in [0.1, 0.15) is 0 Å². The van der Waals surface area contributed by atoms with Crippen LogP contribution in [-0.2, 0) is 13.1 Å². The Morgan fingerprint density at radius 1 is 1.40 bits per heavy atom. The quantitative estimate of drug-likeness (QED) is 0.774. The molecule has 0 saturated carbocycles. The van der Waals surface area contributed by atoms with E-state index in [2.05, 4.69) is 5.32 Å². The van der Waals surface area contributed by atoms with Gasteiger partial charge in [0, 0.05) is 27.2 Å². The summed E-state index contributed by atoms with van der Waals surface area (Å²) in [5, 5.41) is 2.80. The predicted molar refractivity (Wildman–Crippen MR) is 60.3 cm³/mol. The lowest BCUT2D eigenvalue weighted by atomic mass is 10.1. The summed E-state index contributed by atoms with van der Waals surface area (Å²) in [6, 6.07) is 7.79. The Morgan fingerprint density at radius 2 is 2.07 bits per heavy atom. The van der Waals surface area contributed by atoms with Crippen LogP contribution in [0.15, 0.2) is 24.3 Å². The summed E-state index contributed by atoms with van der Waals surface area (Å²) in [6.45, 7) is 1.06. The highest BCUT2D eigenvalue weighted by Gasteiger charge is 2.02. The number of benzene rings is 1. The molecule has 0 atom stereocenters. The number of nitrogens with zero attached hydrogens (tertiary/aromatic N) is 1. The van der Waals surface area contributed by atoms with Crippen molar-refractivity contribution in [3.63, 3.8) is 0 Å². The lowest BCUT2D eigenvalue weighted by molar-refractivity contribution is 0.217. The Bertz CT molecular complexity index is 336. The molecule has 0 bridgehead atoms. The standard InChI is InChI=1S/C11H17N3O/c1-14(2)11(15)13-8-10-5-3-4-9(6-10)7-12/h3-6H,7-8,12H2,1-2H3,(H,13,15). The largest absolute Gasteiger partial charge is 0.334 e. The molecular weight excluding hydrogens is 190 g/mol. The van der Waals surface area contributed by atoms with Crippen LogP contribution in [-0.4, -0.2) is 25.0 Å². The minimum absolute atomic E-state index is 0.0897. The maximum absolute atomic E-state index is 11.3. The van der Waals surface area contributed by atoms with Gasteiger partial charge in [-0.1, -0.05) is 24.3 Å². The molecular formula is C11H17N3O. The highest BCUT2D eigenvalue weighted by molar-refractivity contribution is 5.73. The average Bonchev–Trinajstić information content (AvgIpc) is 2.26. The van der Waals surface area contributed by atoms with E-state index < -0.39 is 0 Å². The van der Waals surface area contributed by atoms with E-state index in [1.807, 2.05) is 24.3 Å². The van der Waals surface area contributed by atoms with Crippen LogP contribution >= 0.6 is 0 Å². The predicted octanol–water partition coefficient (Wildman–Crippen LogP) is 0.917. The Morgan fingerprint density at radius 3 is 2.67 bits per heavy atom. The molecule has 0 aliphatic heterocycles. The van der Waals surface area contributed by atoms with E-state index in [9.17, 15) is 4.79 Å². The first-order valence-electron chi connectivity index (χ1n) is 4.86. The van der Waals surface area contributed by atoms with Crippen LogP contribution in [0.5, 0.6) is 0 Å². The van der Waals surface area contributed by atoms with Crippen molar-refractivity contribution in [2.75, 3.05) is 14.1 Å². The molecule has 4 heteroatoms. The van der Waals surface area contributed by atoms with Gasteiger partial charge in [0.25, 0.3) is 0 Å². The molecule has 0 aliphatic carbocycles. The summed E-state index contributed by atoms with van der Waals surface area (Å²) in [6.07, 6.45) is 0. The third-order valence-electron chi connectivity index (χ3n) is 2.08. The van der Waals surface area contributed by atoms with E-state index in [0.717, 1.165) is 11.1 Å². The van der Waals surface area contributed by atoms with Gasteiger partial charge < -0.3 is 16.0 Å². The first-order valence-corrected chi connectivity index (χ1v) is 4.86. The summed E-state index contributed by atoms with van der Waals surface area (Å²) < 4.78 is 0. The normalized spacial score (nSPS) is 9.80. The van der Waals surface area contributed by atoms with Gasteiger partial charge in [-0.3, -0.25) is 0 Å². The van der Waals surface area contributed by atoms with Crippen LogP contribution in [0.1, 0.15) is 11.1 Å². The van der Waals surface area contributed by atoms with Gasteiger partial charge in [0.2, 0.25) is 0 Å². The van der Waals surface area contributed by atoms with Crippen LogP contribution in [0.3, 0.4) is 0 Å². The lowest BCUT2D eigenvalue weighted by Crippen LogP contribution is -2.33. The Balaban J connectivity index is 2.54. The molecule has 0 aromatic heterocycles. The molecule has 82 valence electrons. The van der Waals surface area contributed by atoms with Crippen molar-refractivity contribution >= 4 is 6.03 Å². The lowest BCUT2D eigenvalue weighted by Gasteiger charge is -2.12. The van der Waals surface area contributed by atoms with Gasteiger partial charge in [-0.2, -0.15) is 0 Å². The Labute approximate surface area is 90.1 Å². The molecule has 1 aromatic carbocycles. The van der Waals surface area contributed by atoms with Crippen molar-refractivity contribution in [3.05, 3.63) is 35.4 Å². The van der Waals surface area contributed by atoms with Crippen LogP contribution in [0, 0.1) is 0 Å². The van der Waals surface area contributed by atoms with Crippen LogP contribution in [0.25, 0.3) is 0 Å². The smallest absolute Gasteiger partial charge is 0.317 e. The van der Waals surface area contributed by atoms with Gasteiger partial charge in [0.05, 0.1) is 0 Å². The van der Waals surface area contributed by atoms with E-state index in [4.69, 9.17) is 5.73 Å². The molecule has 0 spiro atoms. The third kappa shape index (κ3) is 3.59. The molecule has 3 N–H and O–H groups in total. The van der Waals surface area contributed by atoms with Crippen molar-refractivity contribution in [1.82, 2.24) is 10.2 Å². The number of amides is 2. The second-order valence-corrected chi connectivity index (χ2v) is 3.58. The van der Waals surface area contributed by atoms with Gasteiger partial charge in [-0.05, 0) is 11.1 Å². The first-order chi connectivity index (χ1) is 7.13. The fourth-order valence-electron chi connectivity index (χ4n) is 1.20. The maximum Gasteiger partial charge on any atom is 0.317 e. The first kappa shape index (κ1) is 11.5. The zero-order chi connectivity index (χ0) is 11.3. The molecule has 0 aliphatic rings. The van der Waals surface area contributed by atoms with Gasteiger partial charge in [-0.25, -0.2) is 4.79 Å². The van der Waals surface area contributed by atoms with Crippen molar-refractivity contribution in [3.8, 4) is 0 Å². The molecule has 0 heterocycles. The van der Waals surface area contributed by atoms with Crippen molar-refractivity contribution in [1.29, 1.82) is 0 Å². The highest BCUT2D eigenvalue weighted by atomic mass is 16.2.